The van der Waals surface area contributed by atoms with Gasteiger partial charge < -0.3 is 9.84 Å². The molecule has 1 rings (SSSR count). The number of rotatable bonds is 3. The fourth-order valence-electron chi connectivity index (χ4n) is 1.01. The molecule has 0 amide bonds. The first-order valence-corrected chi connectivity index (χ1v) is 5.07. The number of nitrogens with zero attached hydrogens (tertiary/aromatic N) is 1. The van der Waals surface area contributed by atoms with Crippen LogP contribution in [0.5, 0.6) is 5.88 Å². The molecule has 0 radical (unpaired) electrons. The molecular formula is C8H4F4INO3. The molecule has 1 aromatic heterocycles. The molecule has 1 N–H and O–H groups in total. The molecule has 0 aliphatic carbocycles. The summed E-state index contributed by atoms with van der Waals surface area (Å²) in [4.78, 5) is 14.0. The molecule has 0 aromatic carbocycles. The van der Waals surface area contributed by atoms with Gasteiger partial charge in [-0.3, -0.25) is 0 Å². The SMILES string of the molecule is O=C(O)c1cc(OC(F)(F)F)nc(I)c1CF. The number of halogens is 5. The van der Waals surface area contributed by atoms with E-state index in [1.54, 1.807) is 0 Å². The Morgan fingerprint density at radius 2 is 2.12 bits per heavy atom. The maximum absolute atomic E-state index is 12.5. The number of hydrogen-bond donors (Lipinski definition) is 1. The third-order valence-corrected chi connectivity index (χ3v) is 2.53. The number of pyridine rings is 1. The molecule has 17 heavy (non-hydrogen) atoms. The Balaban J connectivity index is 3.25. The van der Waals surface area contributed by atoms with Crippen LogP contribution >= 0.6 is 22.6 Å². The molecule has 0 fully saturated rings. The van der Waals surface area contributed by atoms with Crippen molar-refractivity contribution in [3.63, 3.8) is 0 Å². The molecule has 0 spiro atoms. The number of carboxylic acids is 1. The molecule has 0 unspecified atom stereocenters. The number of alkyl halides is 4. The van der Waals surface area contributed by atoms with E-state index in [-0.39, 0.29) is 9.26 Å². The summed E-state index contributed by atoms with van der Waals surface area (Å²) < 4.78 is 51.5. The van der Waals surface area contributed by atoms with Crippen molar-refractivity contribution in [1.82, 2.24) is 4.98 Å². The van der Waals surface area contributed by atoms with Gasteiger partial charge >= 0.3 is 12.3 Å². The van der Waals surface area contributed by atoms with Gasteiger partial charge in [0, 0.05) is 11.6 Å². The van der Waals surface area contributed by atoms with Gasteiger partial charge in [0.1, 0.15) is 10.4 Å². The molecule has 0 bridgehead atoms. The molecule has 9 heteroatoms. The van der Waals surface area contributed by atoms with Gasteiger partial charge in [0.25, 0.3) is 0 Å². The number of aromatic carboxylic acids is 1. The molecule has 0 aliphatic rings. The highest BCUT2D eigenvalue weighted by Gasteiger charge is 2.32. The van der Waals surface area contributed by atoms with Crippen molar-refractivity contribution in [3.05, 3.63) is 20.9 Å². The third-order valence-electron chi connectivity index (χ3n) is 1.63. The summed E-state index contributed by atoms with van der Waals surface area (Å²) in [6, 6.07) is 0.535. The van der Waals surface area contributed by atoms with E-state index in [4.69, 9.17) is 5.11 Å². The van der Waals surface area contributed by atoms with Crippen molar-refractivity contribution < 1.29 is 32.2 Å². The third kappa shape index (κ3) is 3.68. The van der Waals surface area contributed by atoms with Crippen molar-refractivity contribution in [2.75, 3.05) is 0 Å². The zero-order chi connectivity index (χ0) is 13.2. The highest BCUT2D eigenvalue weighted by atomic mass is 127. The van der Waals surface area contributed by atoms with Gasteiger partial charge in [0.05, 0.1) is 5.56 Å². The molecule has 4 nitrogen and oxygen atoms in total. The van der Waals surface area contributed by atoms with E-state index in [9.17, 15) is 22.4 Å². The molecular weight excluding hydrogens is 361 g/mol. The van der Waals surface area contributed by atoms with Crippen molar-refractivity contribution in [2.24, 2.45) is 0 Å². The summed E-state index contributed by atoms with van der Waals surface area (Å²) in [5, 5.41) is 8.71. The molecule has 94 valence electrons. The van der Waals surface area contributed by atoms with Gasteiger partial charge in [0.15, 0.2) is 0 Å². The lowest BCUT2D eigenvalue weighted by Gasteiger charge is -2.11. The normalized spacial score (nSPS) is 11.4. The van der Waals surface area contributed by atoms with Crippen molar-refractivity contribution >= 4 is 28.6 Å². The standard InChI is InChI=1S/C8H4F4INO3/c9-2-4-3(7(15)16)1-5(14-6(4)13)17-8(10,11)12/h1H,2H2,(H,15,16). The lowest BCUT2D eigenvalue weighted by Crippen LogP contribution is -2.19. The van der Waals surface area contributed by atoms with Gasteiger partial charge in [0.2, 0.25) is 5.88 Å². The Kier molecular flexibility index (Phi) is 4.11. The Labute approximate surface area is 106 Å². The van der Waals surface area contributed by atoms with Crippen LogP contribution in [0, 0.1) is 3.70 Å². The van der Waals surface area contributed by atoms with E-state index in [1.165, 1.54) is 22.6 Å². The Morgan fingerprint density at radius 3 is 2.53 bits per heavy atom. The summed E-state index contributed by atoms with van der Waals surface area (Å²) in [6.45, 7) is -1.14. The highest BCUT2D eigenvalue weighted by molar-refractivity contribution is 14.1. The van der Waals surface area contributed by atoms with Crippen LogP contribution in [0.2, 0.25) is 0 Å². The minimum Gasteiger partial charge on any atom is -0.478 e. The first-order chi connectivity index (χ1) is 7.74. The maximum Gasteiger partial charge on any atom is 0.574 e. The number of hydrogen-bond acceptors (Lipinski definition) is 3. The van der Waals surface area contributed by atoms with E-state index in [0.717, 1.165) is 0 Å². The van der Waals surface area contributed by atoms with Crippen molar-refractivity contribution in [2.45, 2.75) is 13.0 Å². The van der Waals surface area contributed by atoms with Crippen molar-refractivity contribution in [1.29, 1.82) is 0 Å². The van der Waals surface area contributed by atoms with Crippen LogP contribution in [0.25, 0.3) is 0 Å². The average molecular weight is 365 g/mol. The van der Waals surface area contributed by atoms with E-state index < -0.39 is 30.4 Å². The predicted octanol–water partition coefficient (Wildman–Crippen LogP) is 2.75. The molecule has 1 aromatic rings. The van der Waals surface area contributed by atoms with E-state index >= 15 is 0 Å². The summed E-state index contributed by atoms with van der Waals surface area (Å²) in [6.07, 6.45) is -4.98. The Morgan fingerprint density at radius 1 is 1.53 bits per heavy atom. The van der Waals surface area contributed by atoms with E-state index in [2.05, 4.69) is 9.72 Å². The summed E-state index contributed by atoms with van der Waals surface area (Å²) in [7, 11) is 0. The van der Waals surface area contributed by atoms with Crippen LogP contribution in [-0.4, -0.2) is 22.4 Å². The van der Waals surface area contributed by atoms with Gasteiger partial charge in [-0.2, -0.15) is 0 Å². The smallest absolute Gasteiger partial charge is 0.478 e. The molecule has 0 aliphatic heterocycles. The van der Waals surface area contributed by atoms with Gasteiger partial charge in [-0.25, -0.2) is 14.2 Å². The monoisotopic (exact) mass is 365 g/mol. The second kappa shape index (κ2) is 5.02. The van der Waals surface area contributed by atoms with Crippen LogP contribution in [0.1, 0.15) is 15.9 Å². The fraction of sp³-hybridized carbons (Fsp3) is 0.250. The number of carboxylic acid groups (broad SMARTS) is 1. The highest BCUT2D eigenvalue weighted by Crippen LogP contribution is 2.26. The minimum absolute atomic E-state index is 0.191. The quantitative estimate of drug-likeness (QED) is 0.509. The van der Waals surface area contributed by atoms with E-state index in [0.29, 0.717) is 6.07 Å². The lowest BCUT2D eigenvalue weighted by atomic mass is 10.1. The van der Waals surface area contributed by atoms with Crippen LogP contribution < -0.4 is 4.74 Å². The zero-order valence-electron chi connectivity index (χ0n) is 7.89. The first kappa shape index (κ1) is 13.9. The zero-order valence-corrected chi connectivity index (χ0v) is 10.0. The molecule has 1 heterocycles. The average Bonchev–Trinajstić information content (AvgIpc) is 2.13. The number of ether oxygens (including phenoxy) is 1. The van der Waals surface area contributed by atoms with Gasteiger partial charge in [-0.05, 0) is 22.6 Å². The second-order valence-electron chi connectivity index (χ2n) is 2.76. The second-order valence-corrected chi connectivity index (χ2v) is 3.79. The maximum atomic E-state index is 12.5. The summed E-state index contributed by atoms with van der Waals surface area (Å²) in [5.74, 6) is -2.48. The number of aromatic nitrogens is 1. The van der Waals surface area contributed by atoms with E-state index in [1.807, 2.05) is 0 Å². The van der Waals surface area contributed by atoms with Crippen LogP contribution in [-0.2, 0) is 6.67 Å². The molecule has 0 saturated heterocycles. The lowest BCUT2D eigenvalue weighted by molar-refractivity contribution is -0.276. The number of carbonyl (C=O) groups is 1. The Hall–Kier alpha value is -1.13. The minimum atomic E-state index is -4.98. The Bertz CT molecular complexity index is 449. The topological polar surface area (TPSA) is 59.4 Å². The van der Waals surface area contributed by atoms with Gasteiger partial charge in [-0.15, -0.1) is 13.2 Å². The first-order valence-electron chi connectivity index (χ1n) is 3.99. The van der Waals surface area contributed by atoms with Crippen LogP contribution in [0.4, 0.5) is 17.6 Å². The van der Waals surface area contributed by atoms with Crippen LogP contribution in [0.3, 0.4) is 0 Å². The van der Waals surface area contributed by atoms with Crippen LogP contribution in [0.15, 0.2) is 6.07 Å². The predicted molar refractivity (Wildman–Crippen MR) is 55.4 cm³/mol. The van der Waals surface area contributed by atoms with Crippen molar-refractivity contribution in [3.8, 4) is 5.88 Å². The molecule has 0 saturated carbocycles. The summed E-state index contributed by atoms with van der Waals surface area (Å²) in [5.41, 5.74) is -0.890. The largest absolute Gasteiger partial charge is 0.574 e. The van der Waals surface area contributed by atoms with Gasteiger partial charge in [-0.1, -0.05) is 0 Å². The fourth-order valence-corrected chi connectivity index (χ4v) is 1.68. The molecule has 0 atom stereocenters. The summed E-state index contributed by atoms with van der Waals surface area (Å²) >= 11 is 1.43.